The normalized spacial score (nSPS) is 12.4. The summed E-state index contributed by atoms with van der Waals surface area (Å²) in [4.78, 5) is 18.1. The number of nitrogens with two attached hydrogens (primary N) is 1. The molecule has 1 atom stereocenters. The Morgan fingerprint density at radius 3 is 2.76 bits per heavy atom. The van der Waals surface area contributed by atoms with Crippen molar-refractivity contribution in [2.24, 2.45) is 5.73 Å². The van der Waals surface area contributed by atoms with Crippen LogP contribution in [0.15, 0.2) is 47.1 Å². The molecule has 1 aromatic heterocycles. The van der Waals surface area contributed by atoms with E-state index in [-0.39, 0.29) is 5.91 Å². The summed E-state index contributed by atoms with van der Waals surface area (Å²) in [6.07, 6.45) is 1.76. The van der Waals surface area contributed by atoms with Gasteiger partial charge in [-0.25, -0.2) is 0 Å². The lowest BCUT2D eigenvalue weighted by molar-refractivity contribution is -0.123. The second kappa shape index (κ2) is 6.83. The second-order valence-electron chi connectivity index (χ2n) is 5.02. The number of amides is 1. The molecule has 0 radical (unpaired) electrons. The standard InChI is InChI=1S/C16H18BrN3O/c1-11-13(6-4-8-19-11)10-20(2)15(16(18)21)12-5-3-7-14(17)9-12/h3-9,15H,10H2,1-2H3,(H2,18,21). The van der Waals surface area contributed by atoms with E-state index in [0.29, 0.717) is 6.54 Å². The molecule has 4 nitrogen and oxygen atoms in total. The largest absolute Gasteiger partial charge is 0.368 e. The van der Waals surface area contributed by atoms with Crippen molar-refractivity contribution in [2.45, 2.75) is 19.5 Å². The maximum absolute atomic E-state index is 11.9. The number of primary amides is 1. The molecule has 110 valence electrons. The van der Waals surface area contributed by atoms with Crippen LogP contribution in [0.5, 0.6) is 0 Å². The predicted octanol–water partition coefficient (Wildman–Crippen LogP) is 2.81. The minimum atomic E-state index is -0.470. The summed E-state index contributed by atoms with van der Waals surface area (Å²) in [5, 5.41) is 0. The third kappa shape index (κ3) is 3.89. The first-order chi connectivity index (χ1) is 9.99. The third-order valence-corrected chi connectivity index (χ3v) is 3.90. The van der Waals surface area contributed by atoms with E-state index in [9.17, 15) is 4.79 Å². The fourth-order valence-electron chi connectivity index (χ4n) is 2.36. The summed E-state index contributed by atoms with van der Waals surface area (Å²) in [5.41, 5.74) is 8.52. The topological polar surface area (TPSA) is 59.2 Å². The number of aromatic nitrogens is 1. The second-order valence-corrected chi connectivity index (χ2v) is 5.94. The fourth-order valence-corrected chi connectivity index (χ4v) is 2.77. The van der Waals surface area contributed by atoms with Crippen molar-refractivity contribution in [2.75, 3.05) is 7.05 Å². The van der Waals surface area contributed by atoms with Crippen LogP contribution in [0.3, 0.4) is 0 Å². The molecular formula is C16H18BrN3O. The number of aryl methyl sites for hydroxylation is 1. The highest BCUT2D eigenvalue weighted by molar-refractivity contribution is 9.10. The summed E-state index contributed by atoms with van der Waals surface area (Å²) in [6.45, 7) is 2.57. The minimum absolute atomic E-state index is 0.364. The van der Waals surface area contributed by atoms with E-state index >= 15 is 0 Å². The van der Waals surface area contributed by atoms with Crippen molar-refractivity contribution in [3.8, 4) is 0 Å². The van der Waals surface area contributed by atoms with Gasteiger partial charge in [0, 0.05) is 22.9 Å². The number of likely N-dealkylation sites (N-methyl/N-ethyl adjacent to an activating group) is 1. The van der Waals surface area contributed by atoms with Crippen LogP contribution in [-0.4, -0.2) is 22.8 Å². The summed E-state index contributed by atoms with van der Waals surface area (Å²) in [6, 6.07) is 11.1. The molecule has 2 aromatic rings. The van der Waals surface area contributed by atoms with Gasteiger partial charge in [0.25, 0.3) is 0 Å². The van der Waals surface area contributed by atoms with Gasteiger partial charge in [0.15, 0.2) is 0 Å². The lowest BCUT2D eigenvalue weighted by Crippen LogP contribution is -2.35. The Morgan fingerprint density at radius 2 is 2.14 bits per heavy atom. The summed E-state index contributed by atoms with van der Waals surface area (Å²) in [7, 11) is 1.89. The zero-order chi connectivity index (χ0) is 15.4. The molecule has 21 heavy (non-hydrogen) atoms. The number of benzene rings is 1. The van der Waals surface area contributed by atoms with Crippen molar-refractivity contribution < 1.29 is 4.79 Å². The first-order valence-electron chi connectivity index (χ1n) is 6.64. The van der Waals surface area contributed by atoms with Crippen LogP contribution in [0.25, 0.3) is 0 Å². The van der Waals surface area contributed by atoms with Crippen LogP contribution in [0.2, 0.25) is 0 Å². The molecule has 1 unspecified atom stereocenters. The maximum Gasteiger partial charge on any atom is 0.239 e. The molecule has 0 aliphatic rings. The molecular weight excluding hydrogens is 330 g/mol. The molecule has 1 heterocycles. The highest BCUT2D eigenvalue weighted by Crippen LogP contribution is 2.24. The van der Waals surface area contributed by atoms with E-state index in [1.165, 1.54) is 0 Å². The van der Waals surface area contributed by atoms with Crippen molar-refractivity contribution >= 4 is 21.8 Å². The Bertz CT molecular complexity index is 645. The molecule has 2 rings (SSSR count). The van der Waals surface area contributed by atoms with Gasteiger partial charge in [0.05, 0.1) is 0 Å². The molecule has 0 bridgehead atoms. The number of hydrogen-bond donors (Lipinski definition) is 1. The third-order valence-electron chi connectivity index (χ3n) is 3.41. The summed E-state index contributed by atoms with van der Waals surface area (Å²) >= 11 is 3.43. The Balaban J connectivity index is 2.26. The Labute approximate surface area is 133 Å². The quantitative estimate of drug-likeness (QED) is 0.904. The van der Waals surface area contributed by atoms with Gasteiger partial charge in [-0.1, -0.05) is 34.1 Å². The van der Waals surface area contributed by atoms with Crippen LogP contribution < -0.4 is 5.73 Å². The molecule has 0 saturated carbocycles. The Morgan fingerprint density at radius 1 is 1.38 bits per heavy atom. The van der Waals surface area contributed by atoms with E-state index in [0.717, 1.165) is 21.3 Å². The van der Waals surface area contributed by atoms with E-state index in [2.05, 4.69) is 20.9 Å². The van der Waals surface area contributed by atoms with E-state index < -0.39 is 6.04 Å². The Kier molecular flexibility index (Phi) is 5.09. The molecule has 1 amide bonds. The van der Waals surface area contributed by atoms with Crippen molar-refractivity contribution in [1.29, 1.82) is 0 Å². The average molecular weight is 348 g/mol. The van der Waals surface area contributed by atoms with Gasteiger partial charge in [-0.15, -0.1) is 0 Å². The lowest BCUT2D eigenvalue weighted by Gasteiger charge is -2.26. The van der Waals surface area contributed by atoms with Crippen LogP contribution >= 0.6 is 15.9 Å². The van der Waals surface area contributed by atoms with Gasteiger partial charge in [-0.3, -0.25) is 14.7 Å². The first kappa shape index (κ1) is 15.7. The SMILES string of the molecule is Cc1ncccc1CN(C)C(C(N)=O)c1cccc(Br)c1. The highest BCUT2D eigenvalue weighted by Gasteiger charge is 2.23. The fraction of sp³-hybridized carbons (Fsp3) is 0.250. The highest BCUT2D eigenvalue weighted by atomic mass is 79.9. The predicted molar refractivity (Wildman–Crippen MR) is 86.5 cm³/mol. The molecule has 0 aliphatic heterocycles. The molecule has 1 aromatic carbocycles. The van der Waals surface area contributed by atoms with Crippen molar-refractivity contribution in [3.63, 3.8) is 0 Å². The monoisotopic (exact) mass is 347 g/mol. The van der Waals surface area contributed by atoms with E-state index in [1.807, 2.05) is 55.3 Å². The number of rotatable bonds is 5. The van der Waals surface area contributed by atoms with E-state index in [4.69, 9.17) is 5.73 Å². The molecule has 0 aliphatic carbocycles. The zero-order valence-electron chi connectivity index (χ0n) is 12.1. The molecule has 2 N–H and O–H groups in total. The maximum atomic E-state index is 11.9. The number of hydrogen-bond acceptors (Lipinski definition) is 3. The molecule has 5 heteroatoms. The van der Waals surface area contributed by atoms with Gasteiger partial charge in [0.2, 0.25) is 5.91 Å². The van der Waals surface area contributed by atoms with Gasteiger partial charge in [-0.2, -0.15) is 0 Å². The van der Waals surface area contributed by atoms with Gasteiger partial charge >= 0.3 is 0 Å². The van der Waals surface area contributed by atoms with Crippen LogP contribution in [-0.2, 0) is 11.3 Å². The number of carbonyl (C=O) groups excluding carboxylic acids is 1. The number of carbonyl (C=O) groups is 1. The molecule has 0 spiro atoms. The Hall–Kier alpha value is -1.72. The molecule has 0 saturated heterocycles. The number of nitrogens with zero attached hydrogens (tertiary/aromatic N) is 2. The van der Waals surface area contributed by atoms with Crippen molar-refractivity contribution in [1.82, 2.24) is 9.88 Å². The summed E-state index contributed by atoms with van der Waals surface area (Å²) < 4.78 is 0.928. The number of halogens is 1. The lowest BCUT2D eigenvalue weighted by atomic mass is 10.0. The molecule has 0 fully saturated rings. The van der Waals surface area contributed by atoms with Gasteiger partial charge in [0.1, 0.15) is 6.04 Å². The van der Waals surface area contributed by atoms with Crippen molar-refractivity contribution in [3.05, 3.63) is 63.9 Å². The smallest absolute Gasteiger partial charge is 0.239 e. The van der Waals surface area contributed by atoms with Crippen LogP contribution in [0, 0.1) is 6.92 Å². The first-order valence-corrected chi connectivity index (χ1v) is 7.44. The zero-order valence-corrected chi connectivity index (χ0v) is 13.7. The van der Waals surface area contributed by atoms with Gasteiger partial charge < -0.3 is 5.73 Å². The van der Waals surface area contributed by atoms with Crippen LogP contribution in [0.4, 0.5) is 0 Å². The minimum Gasteiger partial charge on any atom is -0.368 e. The van der Waals surface area contributed by atoms with E-state index in [1.54, 1.807) is 6.20 Å². The number of pyridine rings is 1. The summed E-state index contributed by atoms with van der Waals surface area (Å²) in [5.74, 6) is -0.364. The van der Waals surface area contributed by atoms with Gasteiger partial charge in [-0.05, 0) is 43.3 Å². The van der Waals surface area contributed by atoms with Crippen LogP contribution in [0.1, 0.15) is 22.9 Å². The average Bonchev–Trinajstić information content (AvgIpc) is 2.41.